The van der Waals surface area contributed by atoms with Gasteiger partial charge in [0.15, 0.2) is 6.10 Å². The van der Waals surface area contributed by atoms with Crippen molar-refractivity contribution in [2.24, 2.45) is 5.73 Å². The maximum atomic E-state index is 11.4. The van der Waals surface area contributed by atoms with E-state index < -0.39 is 0 Å². The number of benzene rings is 1. The number of ether oxygens (including phenoxy) is 1. The first-order valence-corrected chi connectivity index (χ1v) is 6.62. The number of fused-ring (bicyclic) bond motifs is 1. The van der Waals surface area contributed by atoms with Crippen molar-refractivity contribution in [2.75, 3.05) is 6.54 Å². The molecule has 0 amide bonds. The van der Waals surface area contributed by atoms with Crippen LogP contribution in [-0.2, 0) is 0 Å². The lowest BCUT2D eigenvalue weighted by Gasteiger charge is -2.15. The molecule has 0 aliphatic rings. The molecule has 0 bridgehead atoms. The normalized spacial score (nSPS) is 12.5. The van der Waals surface area contributed by atoms with Crippen molar-refractivity contribution < 1.29 is 13.6 Å². The van der Waals surface area contributed by atoms with Gasteiger partial charge < -0.3 is 19.3 Å². The molecule has 0 aliphatic heterocycles. The Balaban J connectivity index is 1.96. The molecule has 0 saturated heterocycles. The Morgan fingerprint density at radius 3 is 2.86 bits per heavy atom. The SMILES string of the molecule is Cc1cc(=O)oc2cc(OC(CN)c3ccco3)ccc12. The van der Waals surface area contributed by atoms with Crippen molar-refractivity contribution in [3.8, 4) is 5.75 Å². The third kappa shape index (κ3) is 2.68. The summed E-state index contributed by atoms with van der Waals surface area (Å²) in [5, 5.41) is 0.879. The van der Waals surface area contributed by atoms with Crippen LogP contribution in [0.15, 0.2) is 56.3 Å². The molecule has 2 heterocycles. The van der Waals surface area contributed by atoms with Gasteiger partial charge in [-0.15, -0.1) is 0 Å². The van der Waals surface area contributed by atoms with Gasteiger partial charge in [-0.05, 0) is 36.8 Å². The highest BCUT2D eigenvalue weighted by Gasteiger charge is 2.15. The minimum Gasteiger partial charge on any atom is -0.481 e. The first-order valence-electron chi connectivity index (χ1n) is 6.62. The van der Waals surface area contributed by atoms with Gasteiger partial charge in [0, 0.05) is 24.1 Å². The van der Waals surface area contributed by atoms with E-state index in [0.717, 1.165) is 10.9 Å². The van der Waals surface area contributed by atoms with Gasteiger partial charge in [-0.3, -0.25) is 0 Å². The van der Waals surface area contributed by atoms with E-state index in [9.17, 15) is 4.79 Å². The second-order valence-corrected chi connectivity index (χ2v) is 4.76. The highest BCUT2D eigenvalue weighted by atomic mass is 16.5. The second-order valence-electron chi connectivity index (χ2n) is 4.76. The molecule has 5 nitrogen and oxygen atoms in total. The molecule has 0 radical (unpaired) electrons. The maximum Gasteiger partial charge on any atom is 0.336 e. The molecular weight excluding hydrogens is 270 g/mol. The van der Waals surface area contributed by atoms with Crippen LogP contribution in [-0.4, -0.2) is 6.54 Å². The van der Waals surface area contributed by atoms with Gasteiger partial charge in [0.25, 0.3) is 0 Å². The van der Waals surface area contributed by atoms with E-state index in [2.05, 4.69) is 0 Å². The number of nitrogens with two attached hydrogens (primary N) is 1. The Labute approximate surface area is 120 Å². The number of hydrogen-bond donors (Lipinski definition) is 1. The minimum atomic E-state index is -0.381. The molecular formula is C16H15NO4. The van der Waals surface area contributed by atoms with E-state index in [1.165, 1.54) is 6.07 Å². The standard InChI is InChI=1S/C16H15NO4/c1-10-7-16(18)21-14-8-11(4-5-12(10)14)20-15(9-17)13-3-2-6-19-13/h2-8,15H,9,17H2,1H3. The molecule has 1 aromatic carbocycles. The van der Waals surface area contributed by atoms with E-state index in [1.807, 2.05) is 25.1 Å². The van der Waals surface area contributed by atoms with Crippen molar-refractivity contribution in [1.29, 1.82) is 0 Å². The van der Waals surface area contributed by atoms with E-state index in [0.29, 0.717) is 17.1 Å². The monoisotopic (exact) mass is 285 g/mol. The molecule has 0 saturated carbocycles. The van der Waals surface area contributed by atoms with Gasteiger partial charge in [0.05, 0.1) is 6.26 Å². The molecule has 0 spiro atoms. The van der Waals surface area contributed by atoms with Gasteiger partial charge in [-0.1, -0.05) is 0 Å². The zero-order valence-corrected chi connectivity index (χ0v) is 11.5. The molecule has 2 N–H and O–H groups in total. The van der Waals surface area contributed by atoms with Crippen molar-refractivity contribution in [1.82, 2.24) is 0 Å². The molecule has 3 aromatic rings. The van der Waals surface area contributed by atoms with Crippen molar-refractivity contribution >= 4 is 11.0 Å². The summed E-state index contributed by atoms with van der Waals surface area (Å²) in [5.41, 5.74) is 6.70. The van der Waals surface area contributed by atoms with Crippen LogP contribution >= 0.6 is 0 Å². The molecule has 3 rings (SSSR count). The van der Waals surface area contributed by atoms with E-state index in [-0.39, 0.29) is 18.3 Å². The Bertz CT molecular complexity index is 805. The van der Waals surface area contributed by atoms with E-state index >= 15 is 0 Å². The summed E-state index contributed by atoms with van der Waals surface area (Å²) in [6.45, 7) is 2.15. The average molecular weight is 285 g/mol. The van der Waals surface area contributed by atoms with Crippen LogP contribution in [0.2, 0.25) is 0 Å². The zero-order valence-electron chi connectivity index (χ0n) is 11.5. The molecule has 21 heavy (non-hydrogen) atoms. The largest absolute Gasteiger partial charge is 0.481 e. The molecule has 0 aliphatic carbocycles. The molecule has 0 fully saturated rings. The fraction of sp³-hybridized carbons (Fsp3) is 0.188. The van der Waals surface area contributed by atoms with Crippen LogP contribution in [0.3, 0.4) is 0 Å². The highest BCUT2D eigenvalue weighted by Crippen LogP contribution is 2.26. The van der Waals surface area contributed by atoms with Gasteiger partial charge in [-0.25, -0.2) is 4.79 Å². The van der Waals surface area contributed by atoms with Crippen LogP contribution in [0.25, 0.3) is 11.0 Å². The van der Waals surface area contributed by atoms with Crippen LogP contribution in [0, 0.1) is 6.92 Å². The predicted molar refractivity (Wildman–Crippen MR) is 78.4 cm³/mol. The number of hydrogen-bond acceptors (Lipinski definition) is 5. The molecule has 1 atom stereocenters. The molecule has 5 heteroatoms. The van der Waals surface area contributed by atoms with Crippen LogP contribution in [0.5, 0.6) is 5.75 Å². The summed E-state index contributed by atoms with van der Waals surface area (Å²) in [7, 11) is 0. The van der Waals surface area contributed by atoms with Crippen LogP contribution < -0.4 is 16.1 Å². The number of aryl methyl sites for hydroxylation is 1. The first kappa shape index (κ1) is 13.5. The predicted octanol–water partition coefficient (Wildman–Crippen LogP) is 2.77. The summed E-state index contributed by atoms with van der Waals surface area (Å²) in [4.78, 5) is 11.4. The van der Waals surface area contributed by atoms with Gasteiger partial charge >= 0.3 is 5.63 Å². The summed E-state index contributed by atoms with van der Waals surface area (Å²) in [5.74, 6) is 1.23. The average Bonchev–Trinajstić information content (AvgIpc) is 2.98. The minimum absolute atomic E-state index is 0.281. The first-order chi connectivity index (χ1) is 10.2. The third-order valence-electron chi connectivity index (χ3n) is 3.28. The van der Waals surface area contributed by atoms with Crippen molar-refractivity contribution in [2.45, 2.75) is 13.0 Å². The molecule has 2 aromatic heterocycles. The lowest BCUT2D eigenvalue weighted by atomic mass is 10.1. The molecule has 1 unspecified atom stereocenters. The third-order valence-corrected chi connectivity index (χ3v) is 3.28. The summed E-state index contributed by atoms with van der Waals surface area (Å²) < 4.78 is 16.3. The summed E-state index contributed by atoms with van der Waals surface area (Å²) in [6, 6.07) is 10.4. The zero-order chi connectivity index (χ0) is 14.8. The highest BCUT2D eigenvalue weighted by molar-refractivity contribution is 5.81. The Kier molecular flexibility index (Phi) is 3.50. The molecule has 108 valence electrons. The van der Waals surface area contributed by atoms with Crippen LogP contribution in [0.4, 0.5) is 0 Å². The number of rotatable bonds is 4. The Morgan fingerprint density at radius 2 is 2.14 bits per heavy atom. The number of furan rings is 1. The van der Waals surface area contributed by atoms with E-state index in [4.69, 9.17) is 19.3 Å². The van der Waals surface area contributed by atoms with E-state index in [1.54, 1.807) is 18.4 Å². The van der Waals surface area contributed by atoms with Crippen molar-refractivity contribution in [3.05, 3.63) is 64.4 Å². The maximum absolute atomic E-state index is 11.4. The fourth-order valence-electron chi connectivity index (χ4n) is 2.24. The Hall–Kier alpha value is -2.53. The summed E-state index contributed by atoms with van der Waals surface area (Å²) in [6.07, 6.45) is 1.19. The second kappa shape index (κ2) is 5.46. The fourth-order valence-corrected chi connectivity index (χ4v) is 2.24. The van der Waals surface area contributed by atoms with Gasteiger partial charge in [0.1, 0.15) is 17.1 Å². The van der Waals surface area contributed by atoms with Gasteiger partial charge in [0.2, 0.25) is 0 Å². The van der Waals surface area contributed by atoms with Crippen LogP contribution in [0.1, 0.15) is 17.4 Å². The lowest BCUT2D eigenvalue weighted by Crippen LogP contribution is -2.17. The summed E-state index contributed by atoms with van der Waals surface area (Å²) >= 11 is 0. The van der Waals surface area contributed by atoms with Gasteiger partial charge in [-0.2, -0.15) is 0 Å². The smallest absolute Gasteiger partial charge is 0.336 e. The topological polar surface area (TPSA) is 78.6 Å². The lowest BCUT2D eigenvalue weighted by molar-refractivity contribution is 0.184. The Morgan fingerprint density at radius 1 is 1.29 bits per heavy atom. The van der Waals surface area contributed by atoms with Crippen molar-refractivity contribution in [3.63, 3.8) is 0 Å². The quantitative estimate of drug-likeness (QED) is 0.746.